The van der Waals surface area contributed by atoms with Crippen molar-refractivity contribution in [3.8, 4) is 0 Å². The highest BCUT2D eigenvalue weighted by Gasteiger charge is 2.32. The van der Waals surface area contributed by atoms with Crippen LogP contribution in [0, 0.1) is 0 Å². The molecule has 2 amide bonds. The van der Waals surface area contributed by atoms with Gasteiger partial charge < -0.3 is 9.47 Å². The molecule has 0 aromatic rings. The van der Waals surface area contributed by atoms with Crippen LogP contribution in [0.15, 0.2) is 0 Å². The van der Waals surface area contributed by atoms with E-state index >= 15 is 0 Å². The van der Waals surface area contributed by atoms with E-state index in [1.807, 2.05) is 11.8 Å². The molecule has 2 aliphatic heterocycles. The number of imide groups is 1. The number of hydrogen-bond acceptors (Lipinski definition) is 5. The standard InChI is InChI=1S/C12H20N2O4/c1-2-9-12(16)13-10(15)8-14(9)5-4-11-17-6-3-7-18-11/h9,11H,2-8H2,1H3,(H,13,15,16). The molecule has 1 N–H and O–H groups in total. The molecular formula is C12H20N2O4. The van der Waals surface area contributed by atoms with Crippen molar-refractivity contribution >= 4 is 11.8 Å². The van der Waals surface area contributed by atoms with Gasteiger partial charge in [-0.1, -0.05) is 6.92 Å². The molecule has 18 heavy (non-hydrogen) atoms. The van der Waals surface area contributed by atoms with Gasteiger partial charge in [-0.05, 0) is 12.8 Å². The predicted octanol–water partition coefficient (Wildman–Crippen LogP) is -0.123. The Morgan fingerprint density at radius 3 is 2.72 bits per heavy atom. The highest BCUT2D eigenvalue weighted by molar-refractivity contribution is 6.01. The van der Waals surface area contributed by atoms with Crippen molar-refractivity contribution in [1.29, 1.82) is 0 Å². The van der Waals surface area contributed by atoms with Gasteiger partial charge in [-0.3, -0.25) is 19.8 Å². The minimum Gasteiger partial charge on any atom is -0.353 e. The van der Waals surface area contributed by atoms with Crippen molar-refractivity contribution in [3.05, 3.63) is 0 Å². The van der Waals surface area contributed by atoms with E-state index in [2.05, 4.69) is 5.32 Å². The van der Waals surface area contributed by atoms with Gasteiger partial charge in [0.05, 0.1) is 25.8 Å². The Morgan fingerprint density at radius 1 is 1.33 bits per heavy atom. The van der Waals surface area contributed by atoms with Crippen LogP contribution in [0.2, 0.25) is 0 Å². The zero-order valence-corrected chi connectivity index (χ0v) is 10.7. The van der Waals surface area contributed by atoms with Gasteiger partial charge in [0.1, 0.15) is 0 Å². The highest BCUT2D eigenvalue weighted by atomic mass is 16.7. The average molecular weight is 256 g/mol. The number of rotatable bonds is 4. The van der Waals surface area contributed by atoms with Crippen LogP contribution in [0.5, 0.6) is 0 Å². The number of hydrogen-bond donors (Lipinski definition) is 1. The van der Waals surface area contributed by atoms with Crippen LogP contribution < -0.4 is 5.32 Å². The zero-order chi connectivity index (χ0) is 13.0. The predicted molar refractivity (Wildman–Crippen MR) is 63.7 cm³/mol. The number of carbonyl (C=O) groups is 2. The second kappa shape index (κ2) is 6.26. The third-order valence-corrected chi connectivity index (χ3v) is 3.29. The maximum atomic E-state index is 11.7. The number of piperazine rings is 1. The van der Waals surface area contributed by atoms with E-state index in [1.54, 1.807) is 0 Å². The number of nitrogens with one attached hydrogen (secondary N) is 1. The summed E-state index contributed by atoms with van der Waals surface area (Å²) in [5.74, 6) is -0.422. The van der Waals surface area contributed by atoms with E-state index in [4.69, 9.17) is 9.47 Å². The van der Waals surface area contributed by atoms with Crippen LogP contribution in [0.4, 0.5) is 0 Å². The molecule has 0 spiro atoms. The van der Waals surface area contributed by atoms with E-state index in [0.717, 1.165) is 19.6 Å². The molecular weight excluding hydrogens is 236 g/mol. The summed E-state index contributed by atoms with van der Waals surface area (Å²) < 4.78 is 10.9. The van der Waals surface area contributed by atoms with Crippen LogP contribution in [-0.2, 0) is 19.1 Å². The topological polar surface area (TPSA) is 67.9 Å². The lowest BCUT2D eigenvalue weighted by molar-refractivity contribution is -0.184. The van der Waals surface area contributed by atoms with Gasteiger partial charge >= 0.3 is 0 Å². The maximum Gasteiger partial charge on any atom is 0.243 e. The summed E-state index contributed by atoms with van der Waals surface area (Å²) in [5.41, 5.74) is 0. The summed E-state index contributed by atoms with van der Waals surface area (Å²) in [6.45, 7) is 4.31. The first kappa shape index (κ1) is 13.5. The lowest BCUT2D eigenvalue weighted by atomic mass is 10.1. The first-order chi connectivity index (χ1) is 8.70. The van der Waals surface area contributed by atoms with Crippen molar-refractivity contribution in [2.24, 2.45) is 0 Å². The smallest absolute Gasteiger partial charge is 0.243 e. The molecule has 0 bridgehead atoms. The molecule has 0 aromatic heterocycles. The van der Waals surface area contributed by atoms with Crippen molar-refractivity contribution < 1.29 is 19.1 Å². The van der Waals surface area contributed by atoms with Crippen molar-refractivity contribution in [3.63, 3.8) is 0 Å². The Kier molecular flexibility index (Phi) is 4.68. The Balaban J connectivity index is 1.85. The normalized spacial score (nSPS) is 27.3. The monoisotopic (exact) mass is 256 g/mol. The Hall–Kier alpha value is -0.980. The lowest BCUT2D eigenvalue weighted by Crippen LogP contribution is -2.58. The van der Waals surface area contributed by atoms with Crippen LogP contribution in [0.3, 0.4) is 0 Å². The number of ether oxygens (including phenoxy) is 2. The quantitative estimate of drug-likeness (QED) is 0.710. The largest absolute Gasteiger partial charge is 0.353 e. The summed E-state index contributed by atoms with van der Waals surface area (Å²) in [6, 6.07) is -0.216. The van der Waals surface area contributed by atoms with Gasteiger partial charge in [0.2, 0.25) is 11.8 Å². The molecule has 0 radical (unpaired) electrons. The van der Waals surface area contributed by atoms with E-state index in [-0.39, 0.29) is 30.7 Å². The molecule has 2 fully saturated rings. The summed E-state index contributed by atoms with van der Waals surface area (Å²) in [6.07, 6.45) is 2.12. The van der Waals surface area contributed by atoms with Gasteiger partial charge in [-0.15, -0.1) is 0 Å². The average Bonchev–Trinajstić information content (AvgIpc) is 2.37. The third-order valence-electron chi connectivity index (χ3n) is 3.29. The molecule has 6 heteroatoms. The van der Waals surface area contributed by atoms with Gasteiger partial charge in [-0.2, -0.15) is 0 Å². The minimum absolute atomic E-state index is 0.195. The lowest BCUT2D eigenvalue weighted by Gasteiger charge is -2.34. The molecule has 2 heterocycles. The second-order valence-electron chi connectivity index (χ2n) is 4.62. The molecule has 0 aliphatic carbocycles. The maximum absolute atomic E-state index is 11.7. The van der Waals surface area contributed by atoms with Crippen LogP contribution in [0.25, 0.3) is 0 Å². The Bertz CT molecular complexity index is 315. The fourth-order valence-corrected chi connectivity index (χ4v) is 2.37. The number of nitrogens with zero attached hydrogens (tertiary/aromatic N) is 1. The molecule has 0 aromatic carbocycles. The highest BCUT2D eigenvalue weighted by Crippen LogP contribution is 2.13. The molecule has 2 saturated heterocycles. The van der Waals surface area contributed by atoms with Crippen LogP contribution >= 0.6 is 0 Å². The van der Waals surface area contributed by atoms with E-state index in [1.165, 1.54) is 0 Å². The van der Waals surface area contributed by atoms with Gasteiger partial charge in [0.15, 0.2) is 6.29 Å². The molecule has 1 atom stereocenters. The van der Waals surface area contributed by atoms with Gasteiger partial charge in [0.25, 0.3) is 0 Å². The molecule has 0 saturated carbocycles. The van der Waals surface area contributed by atoms with Crippen molar-refractivity contribution in [1.82, 2.24) is 10.2 Å². The first-order valence-electron chi connectivity index (χ1n) is 6.51. The van der Waals surface area contributed by atoms with Crippen molar-refractivity contribution in [2.45, 2.75) is 38.5 Å². The van der Waals surface area contributed by atoms with Gasteiger partial charge in [-0.25, -0.2) is 0 Å². The van der Waals surface area contributed by atoms with Crippen molar-refractivity contribution in [2.75, 3.05) is 26.3 Å². The number of amides is 2. The molecule has 6 nitrogen and oxygen atoms in total. The first-order valence-corrected chi connectivity index (χ1v) is 6.51. The SMILES string of the molecule is CCC1C(=O)NC(=O)CN1CCC1OCCCO1. The van der Waals surface area contributed by atoms with Gasteiger partial charge in [0, 0.05) is 13.0 Å². The van der Waals surface area contributed by atoms with E-state index < -0.39 is 0 Å². The Labute approximate surface area is 107 Å². The van der Waals surface area contributed by atoms with E-state index in [0.29, 0.717) is 19.4 Å². The molecule has 1 unspecified atom stereocenters. The molecule has 2 aliphatic rings. The summed E-state index contributed by atoms with van der Waals surface area (Å²) in [5, 5.41) is 2.37. The third kappa shape index (κ3) is 3.28. The molecule has 2 rings (SSSR count). The van der Waals surface area contributed by atoms with E-state index in [9.17, 15) is 9.59 Å². The Morgan fingerprint density at radius 2 is 2.06 bits per heavy atom. The van der Waals surface area contributed by atoms with Crippen LogP contribution in [0.1, 0.15) is 26.2 Å². The fraction of sp³-hybridized carbons (Fsp3) is 0.833. The second-order valence-corrected chi connectivity index (χ2v) is 4.62. The molecule has 102 valence electrons. The zero-order valence-electron chi connectivity index (χ0n) is 10.7. The number of carbonyl (C=O) groups excluding carboxylic acids is 2. The summed E-state index contributed by atoms with van der Waals surface area (Å²) in [4.78, 5) is 24.9. The van der Waals surface area contributed by atoms with Crippen LogP contribution in [-0.4, -0.2) is 55.3 Å². The minimum atomic E-state index is -0.227. The summed E-state index contributed by atoms with van der Waals surface area (Å²) >= 11 is 0. The summed E-state index contributed by atoms with van der Waals surface area (Å²) in [7, 11) is 0. The fourth-order valence-electron chi connectivity index (χ4n) is 2.37.